The maximum Gasteiger partial charge on any atom is 0.433 e. The van der Waals surface area contributed by atoms with Gasteiger partial charge in [0, 0.05) is 10.4 Å². The maximum atomic E-state index is 13.5. The van der Waals surface area contributed by atoms with Gasteiger partial charge in [0.25, 0.3) is 5.91 Å². The van der Waals surface area contributed by atoms with Gasteiger partial charge in [-0.1, -0.05) is 35.3 Å². The highest BCUT2D eigenvalue weighted by molar-refractivity contribution is 6.39. The Bertz CT molecular complexity index is 1430. The van der Waals surface area contributed by atoms with Gasteiger partial charge in [0.1, 0.15) is 11.4 Å². The molecule has 0 aliphatic heterocycles. The molecule has 1 amide bonds. The summed E-state index contributed by atoms with van der Waals surface area (Å²) in [4.78, 5) is 16.8. The van der Waals surface area contributed by atoms with Crippen LogP contribution in [0.25, 0.3) is 10.9 Å². The van der Waals surface area contributed by atoms with Crippen LogP contribution in [0.4, 0.5) is 18.9 Å². The van der Waals surface area contributed by atoms with Crippen molar-refractivity contribution >= 4 is 45.7 Å². The van der Waals surface area contributed by atoms with Gasteiger partial charge in [-0.25, -0.2) is 4.98 Å². The van der Waals surface area contributed by atoms with E-state index in [1.807, 2.05) is 24.3 Å². The molecule has 182 valence electrons. The predicted molar refractivity (Wildman–Crippen MR) is 129 cm³/mol. The van der Waals surface area contributed by atoms with E-state index >= 15 is 0 Å². The largest absolute Gasteiger partial charge is 0.497 e. The lowest BCUT2D eigenvalue weighted by Gasteiger charge is -2.13. The van der Waals surface area contributed by atoms with Crippen molar-refractivity contribution in [3.63, 3.8) is 0 Å². The van der Waals surface area contributed by atoms with Crippen LogP contribution in [0.5, 0.6) is 5.75 Å². The molecule has 0 fully saturated rings. The number of pyridine rings is 1. The fraction of sp³-hybridized carbons (Fsp3) is 0.208. The molecule has 0 bridgehead atoms. The number of aromatic nitrogens is 3. The van der Waals surface area contributed by atoms with Crippen LogP contribution in [0.15, 0.2) is 42.5 Å². The van der Waals surface area contributed by atoms with Gasteiger partial charge in [-0.3, -0.25) is 9.48 Å². The van der Waals surface area contributed by atoms with Crippen molar-refractivity contribution < 1.29 is 22.7 Å². The van der Waals surface area contributed by atoms with Crippen LogP contribution >= 0.6 is 23.2 Å². The Labute approximate surface area is 208 Å². The quantitative estimate of drug-likeness (QED) is 0.317. The molecule has 2 aromatic heterocycles. The lowest BCUT2D eigenvalue weighted by molar-refractivity contribution is -0.140. The Hall–Kier alpha value is -3.30. The fourth-order valence-corrected chi connectivity index (χ4v) is 4.24. The molecule has 2 heterocycles. The average molecular weight is 523 g/mol. The molecule has 0 aliphatic rings. The third kappa shape index (κ3) is 5.06. The third-order valence-corrected chi connectivity index (χ3v) is 5.98. The van der Waals surface area contributed by atoms with Crippen LogP contribution in [0.2, 0.25) is 10.0 Å². The molecular formula is C24H19Cl2F3N4O2. The topological polar surface area (TPSA) is 69.0 Å². The molecule has 4 aromatic rings. The second-order valence-corrected chi connectivity index (χ2v) is 8.69. The number of hydrogen-bond acceptors (Lipinski definition) is 4. The zero-order valence-electron chi connectivity index (χ0n) is 18.8. The van der Waals surface area contributed by atoms with E-state index in [1.54, 1.807) is 25.6 Å². The number of carbonyl (C=O) groups is 1. The molecule has 0 unspecified atom stereocenters. The normalized spacial score (nSPS) is 11.7. The Balaban J connectivity index is 1.71. The van der Waals surface area contributed by atoms with E-state index < -0.39 is 17.8 Å². The lowest BCUT2D eigenvalue weighted by Crippen LogP contribution is -2.17. The van der Waals surface area contributed by atoms with E-state index in [0.717, 1.165) is 11.3 Å². The number of aryl methyl sites for hydroxylation is 1. The number of nitrogens with zero attached hydrogens (tertiary/aromatic N) is 3. The van der Waals surface area contributed by atoms with Gasteiger partial charge in [0.05, 0.1) is 46.8 Å². The van der Waals surface area contributed by atoms with Crippen LogP contribution in [0.1, 0.15) is 33.0 Å². The summed E-state index contributed by atoms with van der Waals surface area (Å²) in [7, 11) is 1.58. The average Bonchev–Trinajstić information content (AvgIpc) is 3.05. The second kappa shape index (κ2) is 9.39. The van der Waals surface area contributed by atoms with Gasteiger partial charge in [-0.05, 0) is 49.7 Å². The van der Waals surface area contributed by atoms with Crippen molar-refractivity contribution in [1.82, 2.24) is 14.8 Å². The molecule has 0 aliphatic carbocycles. The van der Waals surface area contributed by atoms with Crippen molar-refractivity contribution in [3.8, 4) is 5.75 Å². The predicted octanol–water partition coefficient (Wildman–Crippen LogP) is 6.68. The maximum absolute atomic E-state index is 13.5. The molecule has 4 rings (SSSR count). The molecule has 35 heavy (non-hydrogen) atoms. The van der Waals surface area contributed by atoms with Gasteiger partial charge in [0.15, 0.2) is 0 Å². The Kier molecular flexibility index (Phi) is 6.66. The first kappa shape index (κ1) is 24.8. The van der Waals surface area contributed by atoms with E-state index in [4.69, 9.17) is 27.9 Å². The standard InChI is InChI=1S/C24H19Cl2F3N4O2/c1-12-21(13(2)33(32-12)11-14-4-6-16(35-3)7-5-14)31-23(34)18-10-20(24(27,28)29)30-22-17(18)8-15(25)9-19(22)26/h4-10H,11H2,1-3H3,(H,31,34). The van der Waals surface area contributed by atoms with Crippen molar-refractivity contribution in [1.29, 1.82) is 0 Å². The summed E-state index contributed by atoms with van der Waals surface area (Å²) in [6.45, 7) is 3.89. The number of rotatable bonds is 5. The molecule has 0 saturated carbocycles. The number of hydrogen-bond donors (Lipinski definition) is 1. The molecule has 11 heteroatoms. The summed E-state index contributed by atoms with van der Waals surface area (Å²) in [5, 5.41) is 7.36. The number of carbonyl (C=O) groups excluding carboxylic acids is 1. The lowest BCUT2D eigenvalue weighted by atomic mass is 10.1. The van der Waals surface area contributed by atoms with Gasteiger partial charge in [-0.15, -0.1) is 0 Å². The van der Waals surface area contributed by atoms with E-state index in [9.17, 15) is 18.0 Å². The molecule has 6 nitrogen and oxygen atoms in total. The molecule has 0 atom stereocenters. The zero-order chi connectivity index (χ0) is 25.5. The molecule has 0 saturated heterocycles. The van der Waals surface area contributed by atoms with Crippen LogP contribution in [0, 0.1) is 13.8 Å². The van der Waals surface area contributed by atoms with Crippen molar-refractivity contribution in [2.45, 2.75) is 26.6 Å². The first-order chi connectivity index (χ1) is 16.5. The second-order valence-electron chi connectivity index (χ2n) is 7.84. The van der Waals surface area contributed by atoms with Crippen LogP contribution < -0.4 is 10.1 Å². The summed E-state index contributed by atoms with van der Waals surface area (Å²) in [6, 6.07) is 10.8. The van der Waals surface area contributed by atoms with E-state index in [0.29, 0.717) is 29.7 Å². The first-order valence-corrected chi connectivity index (χ1v) is 11.1. The molecule has 0 radical (unpaired) electrons. The van der Waals surface area contributed by atoms with Crippen LogP contribution in [-0.2, 0) is 12.7 Å². The summed E-state index contributed by atoms with van der Waals surface area (Å²) in [5.41, 5.74) is 0.840. The number of benzene rings is 2. The Morgan fingerprint density at radius 2 is 1.80 bits per heavy atom. The monoisotopic (exact) mass is 522 g/mol. The van der Waals surface area contributed by atoms with Gasteiger partial charge in [-0.2, -0.15) is 18.3 Å². The summed E-state index contributed by atoms with van der Waals surface area (Å²) in [6.07, 6.45) is -4.78. The smallest absolute Gasteiger partial charge is 0.433 e. The van der Waals surface area contributed by atoms with Crippen molar-refractivity contribution in [2.75, 3.05) is 12.4 Å². The highest BCUT2D eigenvalue weighted by Gasteiger charge is 2.34. The number of nitrogens with one attached hydrogen (secondary N) is 1. The minimum atomic E-state index is -4.78. The Morgan fingerprint density at radius 1 is 1.11 bits per heavy atom. The molecular weight excluding hydrogens is 504 g/mol. The highest BCUT2D eigenvalue weighted by atomic mass is 35.5. The van der Waals surface area contributed by atoms with Gasteiger partial charge >= 0.3 is 6.18 Å². The minimum absolute atomic E-state index is 0.0904. The number of methoxy groups -OCH3 is 1. The summed E-state index contributed by atoms with van der Waals surface area (Å²) >= 11 is 12.2. The number of amides is 1. The number of halogens is 5. The van der Waals surface area contributed by atoms with Crippen LogP contribution in [0.3, 0.4) is 0 Å². The van der Waals surface area contributed by atoms with Crippen LogP contribution in [-0.4, -0.2) is 27.8 Å². The minimum Gasteiger partial charge on any atom is -0.497 e. The van der Waals surface area contributed by atoms with Crippen molar-refractivity contribution in [3.05, 3.63) is 80.7 Å². The number of anilines is 1. The summed E-state index contributed by atoms with van der Waals surface area (Å²) < 4.78 is 47.4. The number of fused-ring (bicyclic) bond motifs is 1. The molecule has 0 spiro atoms. The van der Waals surface area contributed by atoms with E-state index in [1.165, 1.54) is 12.1 Å². The molecule has 1 N–H and O–H groups in total. The van der Waals surface area contributed by atoms with Crippen molar-refractivity contribution in [2.24, 2.45) is 0 Å². The Morgan fingerprint density at radius 3 is 2.43 bits per heavy atom. The SMILES string of the molecule is COc1ccc(Cn2nc(C)c(NC(=O)c3cc(C(F)(F)F)nc4c(Cl)cc(Cl)cc34)c2C)cc1. The zero-order valence-corrected chi connectivity index (χ0v) is 20.3. The summed E-state index contributed by atoms with van der Waals surface area (Å²) in [5.74, 6) is -0.0467. The molecule has 2 aromatic carbocycles. The van der Waals surface area contributed by atoms with Gasteiger partial charge < -0.3 is 10.1 Å². The first-order valence-electron chi connectivity index (χ1n) is 10.3. The number of alkyl halides is 3. The highest BCUT2D eigenvalue weighted by Crippen LogP contribution is 2.35. The van der Waals surface area contributed by atoms with E-state index in [-0.39, 0.29) is 26.5 Å². The fourth-order valence-electron chi connectivity index (χ4n) is 3.70. The third-order valence-electron chi connectivity index (χ3n) is 5.48. The number of ether oxygens (including phenoxy) is 1. The van der Waals surface area contributed by atoms with E-state index in [2.05, 4.69) is 15.4 Å². The van der Waals surface area contributed by atoms with Gasteiger partial charge in [0.2, 0.25) is 0 Å².